The van der Waals surface area contributed by atoms with Crippen LogP contribution in [0, 0.1) is 0 Å². The molecule has 0 spiro atoms. The van der Waals surface area contributed by atoms with Crippen LogP contribution in [0.15, 0.2) is 29.2 Å². The molecule has 0 heterocycles. The molecule has 0 fully saturated rings. The lowest BCUT2D eigenvalue weighted by molar-refractivity contribution is -0.137. The molecule has 18 heavy (non-hydrogen) atoms. The van der Waals surface area contributed by atoms with Gasteiger partial charge in [-0.2, -0.15) is 13.2 Å². The van der Waals surface area contributed by atoms with Gasteiger partial charge in [0.15, 0.2) is 9.84 Å². The van der Waals surface area contributed by atoms with Crippen LogP contribution in [-0.2, 0) is 25.5 Å². The normalized spacial score (nSPS) is 12.2. The average Bonchev–Trinajstić information content (AvgIpc) is 2.28. The summed E-state index contributed by atoms with van der Waals surface area (Å²) in [6.07, 6.45) is -4.52. The SMILES string of the molecule is O=[C]OCCS(=O)(=O)c1ccc(C(F)(F)F)cc1. The average molecular weight is 281 g/mol. The van der Waals surface area contributed by atoms with Crippen LogP contribution >= 0.6 is 0 Å². The zero-order valence-electron chi connectivity index (χ0n) is 8.90. The first-order valence-electron chi connectivity index (χ1n) is 4.66. The van der Waals surface area contributed by atoms with Crippen molar-refractivity contribution in [2.45, 2.75) is 11.1 Å². The quantitative estimate of drug-likeness (QED) is 0.768. The van der Waals surface area contributed by atoms with Gasteiger partial charge in [-0.3, -0.25) is 0 Å². The molecule has 0 N–H and O–H groups in total. The third-order valence-electron chi connectivity index (χ3n) is 2.05. The van der Waals surface area contributed by atoms with E-state index in [0.717, 1.165) is 18.6 Å². The Morgan fingerprint density at radius 3 is 2.17 bits per heavy atom. The predicted molar refractivity (Wildman–Crippen MR) is 55.1 cm³/mol. The molecule has 0 unspecified atom stereocenters. The number of halogens is 3. The fraction of sp³-hybridized carbons (Fsp3) is 0.300. The zero-order chi connectivity index (χ0) is 13.8. The van der Waals surface area contributed by atoms with Crippen LogP contribution in [0.3, 0.4) is 0 Å². The third-order valence-corrected chi connectivity index (χ3v) is 3.75. The van der Waals surface area contributed by atoms with E-state index < -0.39 is 33.9 Å². The van der Waals surface area contributed by atoms with Gasteiger partial charge in [0.1, 0.15) is 6.61 Å². The Morgan fingerprint density at radius 2 is 1.72 bits per heavy atom. The molecule has 4 nitrogen and oxygen atoms in total. The van der Waals surface area contributed by atoms with E-state index in [1.165, 1.54) is 0 Å². The summed E-state index contributed by atoms with van der Waals surface area (Å²) in [5.74, 6) is -0.506. The van der Waals surface area contributed by atoms with Gasteiger partial charge in [0.05, 0.1) is 16.2 Å². The maximum Gasteiger partial charge on any atom is 0.417 e. The van der Waals surface area contributed by atoms with Crippen LogP contribution in [0.1, 0.15) is 5.56 Å². The summed E-state index contributed by atoms with van der Waals surface area (Å²) in [6, 6.07) is 3.09. The Balaban J connectivity index is 2.88. The monoisotopic (exact) mass is 281 g/mol. The molecule has 0 aliphatic carbocycles. The summed E-state index contributed by atoms with van der Waals surface area (Å²) in [5, 5.41) is 0. The number of rotatable bonds is 5. The Hall–Kier alpha value is -1.57. The molecule has 0 aromatic heterocycles. The Labute approximate surface area is 101 Å². The zero-order valence-corrected chi connectivity index (χ0v) is 9.72. The van der Waals surface area contributed by atoms with E-state index in [1.54, 1.807) is 0 Å². The molecule has 1 rings (SSSR count). The largest absolute Gasteiger partial charge is 0.456 e. The second kappa shape index (κ2) is 5.38. The molecular formula is C10H8F3O4S. The van der Waals surface area contributed by atoms with E-state index in [-0.39, 0.29) is 4.90 Å². The van der Waals surface area contributed by atoms with Crippen molar-refractivity contribution in [3.05, 3.63) is 29.8 Å². The molecule has 0 aliphatic heterocycles. The molecule has 8 heteroatoms. The molecule has 1 aromatic rings. The van der Waals surface area contributed by atoms with Crippen LogP contribution in [0.5, 0.6) is 0 Å². The number of alkyl halides is 3. The van der Waals surface area contributed by atoms with Crippen molar-refractivity contribution in [1.82, 2.24) is 0 Å². The van der Waals surface area contributed by atoms with Crippen molar-refractivity contribution in [2.75, 3.05) is 12.4 Å². The van der Waals surface area contributed by atoms with E-state index in [2.05, 4.69) is 4.74 Å². The second-order valence-electron chi connectivity index (χ2n) is 3.27. The Bertz CT molecular complexity index is 505. The molecule has 1 radical (unpaired) electrons. The lowest BCUT2D eigenvalue weighted by atomic mass is 10.2. The highest BCUT2D eigenvalue weighted by atomic mass is 32.2. The first-order valence-corrected chi connectivity index (χ1v) is 6.31. The molecule has 1 aromatic carbocycles. The molecule has 0 aliphatic rings. The fourth-order valence-corrected chi connectivity index (χ4v) is 2.25. The number of benzene rings is 1. The highest BCUT2D eigenvalue weighted by molar-refractivity contribution is 7.91. The summed E-state index contributed by atoms with van der Waals surface area (Å²) in [5.41, 5.74) is -0.932. The van der Waals surface area contributed by atoms with E-state index in [0.29, 0.717) is 12.1 Å². The maximum absolute atomic E-state index is 12.3. The first-order chi connectivity index (χ1) is 8.27. The highest BCUT2D eigenvalue weighted by Crippen LogP contribution is 2.29. The van der Waals surface area contributed by atoms with Crippen LogP contribution in [0.2, 0.25) is 0 Å². The summed E-state index contributed by atoms with van der Waals surface area (Å²) in [7, 11) is -3.77. The standard InChI is InChI=1S/C10H8F3O4S/c11-10(12,13)8-1-3-9(4-2-8)18(15,16)6-5-17-7-14/h1-4H,5-6H2. The Kier molecular flexibility index (Phi) is 4.33. The van der Waals surface area contributed by atoms with Crippen molar-refractivity contribution in [3.8, 4) is 0 Å². The van der Waals surface area contributed by atoms with Crippen LogP contribution in [0.25, 0.3) is 0 Å². The van der Waals surface area contributed by atoms with Crippen LogP contribution < -0.4 is 0 Å². The first kappa shape index (κ1) is 14.5. The van der Waals surface area contributed by atoms with Crippen molar-refractivity contribution in [3.63, 3.8) is 0 Å². The van der Waals surface area contributed by atoms with Gasteiger partial charge >= 0.3 is 12.6 Å². The van der Waals surface area contributed by atoms with Crippen molar-refractivity contribution < 1.29 is 31.1 Å². The Morgan fingerprint density at radius 1 is 1.17 bits per heavy atom. The summed E-state index contributed by atoms with van der Waals surface area (Å²) in [4.78, 5) is 9.46. The minimum absolute atomic E-state index is 0.259. The topological polar surface area (TPSA) is 60.4 Å². The van der Waals surface area contributed by atoms with Gasteiger partial charge in [-0.05, 0) is 24.3 Å². The number of hydrogen-bond acceptors (Lipinski definition) is 4. The second-order valence-corrected chi connectivity index (χ2v) is 5.38. The molecule has 0 saturated heterocycles. The number of ether oxygens (including phenoxy) is 1. The lowest BCUT2D eigenvalue weighted by Crippen LogP contribution is -2.13. The number of carbonyl (C=O) groups excluding carboxylic acids is 1. The summed E-state index contributed by atoms with van der Waals surface area (Å²) < 4.78 is 64.0. The van der Waals surface area contributed by atoms with E-state index in [4.69, 9.17) is 0 Å². The predicted octanol–water partition coefficient (Wildman–Crippen LogP) is 1.56. The molecule has 0 saturated carbocycles. The number of sulfone groups is 1. The summed E-state index contributed by atoms with van der Waals surface area (Å²) in [6.45, 7) is 0.662. The molecule has 0 atom stereocenters. The van der Waals surface area contributed by atoms with Crippen LogP contribution in [0.4, 0.5) is 13.2 Å². The van der Waals surface area contributed by atoms with Gasteiger partial charge in [0, 0.05) is 0 Å². The van der Waals surface area contributed by atoms with Gasteiger partial charge < -0.3 is 4.74 Å². The molecule has 0 bridgehead atoms. The van der Waals surface area contributed by atoms with E-state index in [9.17, 15) is 26.4 Å². The minimum Gasteiger partial charge on any atom is -0.456 e. The molecular weight excluding hydrogens is 273 g/mol. The summed E-state index contributed by atoms with van der Waals surface area (Å²) >= 11 is 0. The van der Waals surface area contributed by atoms with Crippen molar-refractivity contribution >= 4 is 16.3 Å². The van der Waals surface area contributed by atoms with Gasteiger partial charge in [-0.15, -0.1) is 0 Å². The maximum atomic E-state index is 12.3. The van der Waals surface area contributed by atoms with Crippen LogP contribution in [-0.4, -0.2) is 27.2 Å². The van der Waals surface area contributed by atoms with Gasteiger partial charge in [-0.1, -0.05) is 0 Å². The fourth-order valence-electron chi connectivity index (χ4n) is 1.16. The lowest BCUT2D eigenvalue weighted by Gasteiger charge is -2.08. The smallest absolute Gasteiger partial charge is 0.417 e. The van der Waals surface area contributed by atoms with Gasteiger partial charge in [-0.25, -0.2) is 13.2 Å². The van der Waals surface area contributed by atoms with E-state index >= 15 is 0 Å². The van der Waals surface area contributed by atoms with Crippen molar-refractivity contribution in [2.24, 2.45) is 0 Å². The highest BCUT2D eigenvalue weighted by Gasteiger charge is 2.30. The molecule has 0 amide bonds. The number of hydrogen-bond donors (Lipinski definition) is 0. The van der Waals surface area contributed by atoms with Gasteiger partial charge in [0.25, 0.3) is 0 Å². The van der Waals surface area contributed by atoms with E-state index in [1.807, 2.05) is 0 Å². The van der Waals surface area contributed by atoms with Crippen molar-refractivity contribution in [1.29, 1.82) is 0 Å². The third kappa shape index (κ3) is 3.73. The minimum atomic E-state index is -4.52. The molecule has 99 valence electrons. The van der Waals surface area contributed by atoms with Gasteiger partial charge in [0.2, 0.25) is 0 Å².